The Morgan fingerprint density at radius 3 is 1.56 bits per heavy atom. The van der Waals surface area contributed by atoms with Crippen LogP contribution in [-0.4, -0.2) is 168 Å². The zero-order valence-electron chi connectivity index (χ0n) is 60.8. The maximum Gasteiger partial charge on any atom is 0.253 e. The number of hydrogen-bond acceptors (Lipinski definition) is 20. The zero-order chi connectivity index (χ0) is 76.5. The molecule has 0 saturated carbocycles. The first-order chi connectivity index (χ1) is 52.1. The summed E-state index contributed by atoms with van der Waals surface area (Å²) in [4.78, 5) is 91.9. The van der Waals surface area contributed by atoms with E-state index in [1.165, 1.54) is 11.0 Å². The summed E-state index contributed by atoms with van der Waals surface area (Å²) in [6.07, 6.45) is 22.7. The van der Waals surface area contributed by atoms with Gasteiger partial charge < -0.3 is 35.1 Å². The Hall–Kier alpha value is -9.32. The van der Waals surface area contributed by atoms with Crippen molar-refractivity contribution in [2.45, 2.75) is 151 Å². The van der Waals surface area contributed by atoms with Crippen molar-refractivity contribution in [3.8, 4) is 0 Å². The second-order valence-electron chi connectivity index (χ2n) is 27.8. The summed E-state index contributed by atoms with van der Waals surface area (Å²) in [7, 11) is -7.83. The van der Waals surface area contributed by atoms with Gasteiger partial charge in [0.25, 0.3) is 10.0 Å². The van der Waals surface area contributed by atoms with Crippen molar-refractivity contribution in [2.75, 3.05) is 82.1 Å². The molecule has 24 nitrogen and oxygen atoms in total. The van der Waals surface area contributed by atoms with Gasteiger partial charge in [-0.2, -0.15) is 4.40 Å². The summed E-state index contributed by atoms with van der Waals surface area (Å²) in [6, 6.07) is 30.7. The minimum Gasteiger partial charge on any atom is -0.506 e. The number of sulfonamides is 2. The number of thioether (sulfide) groups is 2. The van der Waals surface area contributed by atoms with Crippen LogP contribution in [0.4, 0.5) is 22.7 Å². The molecule has 0 bridgehead atoms. The van der Waals surface area contributed by atoms with Gasteiger partial charge in [0.05, 0.1) is 56.6 Å². The second-order valence-corrected chi connectivity index (χ2v) is 33.8. The minimum atomic E-state index is -3.98. The molecule has 4 fully saturated rings. The molecule has 4 aromatic rings. The normalized spacial score (nSPS) is 21.2. The molecular formula is C80H94N10O14S4. The lowest BCUT2D eigenvalue weighted by Crippen LogP contribution is -2.37. The third-order valence-electron chi connectivity index (χ3n) is 20.2. The van der Waals surface area contributed by atoms with E-state index < -0.39 is 55.2 Å². The van der Waals surface area contributed by atoms with Gasteiger partial charge in [0.2, 0.25) is 45.2 Å². The molecule has 12 rings (SSSR count). The molecule has 4 amide bonds. The van der Waals surface area contributed by atoms with Crippen molar-refractivity contribution < 1.29 is 66.2 Å². The lowest BCUT2D eigenvalue weighted by atomic mass is 9.78. The first-order valence-corrected chi connectivity index (χ1v) is 42.4. The number of likely N-dealkylation sites (tertiary alicyclic amines) is 2. The van der Waals surface area contributed by atoms with E-state index in [1.54, 1.807) is 72.1 Å². The largest absolute Gasteiger partial charge is 0.506 e. The van der Waals surface area contributed by atoms with Gasteiger partial charge in [0.15, 0.2) is 0 Å². The van der Waals surface area contributed by atoms with Crippen LogP contribution in [-0.2, 0) is 48.8 Å². The van der Waals surface area contributed by atoms with Crippen molar-refractivity contribution in [1.29, 1.82) is 0 Å². The number of rotatable bonds is 26. The number of nitrogens with one attached hydrogen (secondary N) is 4. The summed E-state index contributed by atoms with van der Waals surface area (Å²) in [5.74, 6) is -3.39. The van der Waals surface area contributed by atoms with E-state index in [9.17, 15) is 55.8 Å². The van der Waals surface area contributed by atoms with Crippen molar-refractivity contribution in [3.63, 3.8) is 0 Å². The van der Waals surface area contributed by atoms with Crippen LogP contribution < -0.4 is 30.8 Å². The van der Waals surface area contributed by atoms with Gasteiger partial charge in [0, 0.05) is 132 Å². The second kappa shape index (κ2) is 37.2. The third kappa shape index (κ3) is 20.3. The molecule has 0 aromatic heterocycles. The molecule has 4 aromatic carbocycles. The first kappa shape index (κ1) is 79.7. The number of carbonyl (C=O) groups is 6. The molecule has 108 heavy (non-hydrogen) atoms. The molecule has 8 N–H and O–H groups in total. The number of nitrogens with zero attached hydrogens (tertiary/aromatic N) is 6. The number of hydroxylamine groups is 2. The van der Waals surface area contributed by atoms with Crippen LogP contribution in [0, 0.1) is 0 Å². The minimum absolute atomic E-state index is 0.0180. The molecule has 572 valence electrons. The fourth-order valence-corrected chi connectivity index (χ4v) is 18.7. The van der Waals surface area contributed by atoms with E-state index in [2.05, 4.69) is 52.9 Å². The summed E-state index contributed by atoms with van der Waals surface area (Å²) in [5.41, 5.74) is 7.90. The fourth-order valence-electron chi connectivity index (χ4n) is 14.4. The molecule has 8 aliphatic rings. The van der Waals surface area contributed by atoms with E-state index in [4.69, 9.17) is 10.4 Å². The van der Waals surface area contributed by atoms with Gasteiger partial charge in [-0.1, -0.05) is 36.4 Å². The zero-order valence-corrected chi connectivity index (χ0v) is 64.1. The molecule has 28 heteroatoms. The summed E-state index contributed by atoms with van der Waals surface area (Å²) >= 11 is 3.17. The van der Waals surface area contributed by atoms with Crippen LogP contribution >= 0.6 is 23.5 Å². The van der Waals surface area contributed by atoms with Crippen LogP contribution in [0.15, 0.2) is 198 Å². The van der Waals surface area contributed by atoms with Gasteiger partial charge in [-0.25, -0.2) is 32.8 Å². The van der Waals surface area contributed by atoms with E-state index >= 15 is 0 Å². The van der Waals surface area contributed by atoms with Gasteiger partial charge in [-0.3, -0.25) is 43.9 Å². The van der Waals surface area contributed by atoms with E-state index in [-0.39, 0.29) is 128 Å². The first-order valence-electron chi connectivity index (χ1n) is 37.1. The average Bonchev–Trinajstić information content (AvgIpc) is 0.735. The van der Waals surface area contributed by atoms with E-state index in [1.807, 2.05) is 84.9 Å². The maximum atomic E-state index is 14.3. The van der Waals surface area contributed by atoms with Crippen molar-refractivity contribution >= 4 is 124 Å². The SMILES string of the molecule is CC1CCCCN1C1=CC(=NS(=O)(=O)CCCSc2ccccc2)/C(=C2/C(=O)C(c3ccc(N4CCCCC4C)cc3NS(=O)(=O)CCCSc3ccccc3)=C2O)C=C1.O=C(CCC(=O)NO)N=C1C=C(N2CCCCC2)C=CC1=C1C(=O)C(c2ccc(N3CCCCC3)cc2NC(=O)CCC(=O)NO)=C1O. The quantitative estimate of drug-likeness (QED) is 0.00952. The number of aliphatic hydroxyl groups excluding tert-OH is 2. The Labute approximate surface area is 639 Å². The molecule has 2 unspecified atom stereocenters. The van der Waals surface area contributed by atoms with Crippen LogP contribution in [0.2, 0.25) is 0 Å². The topological polar surface area (TPSA) is 337 Å². The van der Waals surface area contributed by atoms with E-state index in [0.717, 1.165) is 149 Å². The molecule has 4 aliphatic heterocycles. The third-order valence-corrected chi connectivity index (χ3v) is 25.0. The van der Waals surface area contributed by atoms with Crippen LogP contribution in [0.25, 0.3) is 11.1 Å². The average molecular weight is 1550 g/mol. The number of Topliss-reactive ketones (excluding diaryl/α,β-unsaturated/α-hetero) is 2. The van der Waals surface area contributed by atoms with Crippen molar-refractivity contribution in [1.82, 2.24) is 20.8 Å². The number of benzene rings is 4. The Morgan fingerprint density at radius 1 is 0.509 bits per heavy atom. The summed E-state index contributed by atoms with van der Waals surface area (Å²) in [5, 5.41) is 43.6. The predicted molar refractivity (Wildman–Crippen MR) is 424 cm³/mol. The highest BCUT2D eigenvalue weighted by Crippen LogP contribution is 2.46. The number of ketones is 2. The Bertz CT molecular complexity index is 4650. The van der Waals surface area contributed by atoms with Crippen molar-refractivity contribution in [2.24, 2.45) is 9.39 Å². The smallest absolute Gasteiger partial charge is 0.253 e. The number of carbonyl (C=O) groups excluding carboxylic acids is 6. The van der Waals surface area contributed by atoms with Crippen LogP contribution in [0.1, 0.15) is 141 Å². The standard InChI is InChI=1S/C46H54N4O6S4.C34H40N6O8/c1-33-15-9-11-25-49(33)35-21-23-39(41(31-35)47-59(53,54)29-13-27-57-37-17-5-3-6-18-37)43-45(51)44(46(43)52)40-24-22-36(50-26-12-10-16-34(50)2)32-42(40)48-60(55,56)30-14-28-58-38-19-7-4-8-20-38;41-27(11-13-29(43)37-47)35-25-19-21(39-15-3-1-4-16-39)7-9-23(25)31-33(45)32(34(31)46)24-10-8-22(40-17-5-2-6-18-40)20-26(24)36-28(42)12-14-30(44)38-48/h3-8,17-24,31-34,47,51H,9-16,25-30H2,1-2H3;7-10,19-20,45,47-48H,1-6,11-18H2,(H,35,41)(H,37,43)(H,38,44)/b44-40+,48-42?;. The Balaban J connectivity index is 0.000000220. The summed E-state index contributed by atoms with van der Waals surface area (Å²) in [6.45, 7) is 9.22. The lowest BCUT2D eigenvalue weighted by Gasteiger charge is -2.37. The van der Waals surface area contributed by atoms with Gasteiger partial charge in [-0.05, 0) is 212 Å². The lowest BCUT2D eigenvalue weighted by molar-refractivity contribution is -0.131. The summed E-state index contributed by atoms with van der Waals surface area (Å²) < 4.78 is 61.6. The highest BCUT2D eigenvalue weighted by Gasteiger charge is 2.42. The monoisotopic (exact) mass is 1550 g/mol. The predicted octanol–water partition coefficient (Wildman–Crippen LogP) is 12.7. The molecule has 0 radical (unpaired) electrons. The number of allylic oxidation sites excluding steroid dienone is 12. The molecule has 4 aliphatic carbocycles. The van der Waals surface area contributed by atoms with Gasteiger partial charge in [0.1, 0.15) is 11.5 Å². The van der Waals surface area contributed by atoms with E-state index in [0.29, 0.717) is 24.3 Å². The van der Waals surface area contributed by atoms with Gasteiger partial charge >= 0.3 is 0 Å². The number of aliphatic hydroxyl groups is 2. The molecule has 2 atom stereocenters. The number of aliphatic imine (C=N–C) groups is 1. The van der Waals surface area contributed by atoms with Crippen molar-refractivity contribution in [3.05, 3.63) is 190 Å². The van der Waals surface area contributed by atoms with Gasteiger partial charge in [-0.15, -0.1) is 23.5 Å². The molecule has 4 heterocycles. The number of piperidine rings is 4. The highest BCUT2D eigenvalue weighted by molar-refractivity contribution is 7.99. The Morgan fingerprint density at radius 2 is 0.991 bits per heavy atom. The Kier molecular flexibility index (Phi) is 27.5. The highest BCUT2D eigenvalue weighted by atomic mass is 32.2. The molecular weight excluding hydrogens is 1450 g/mol. The molecule has 4 saturated heterocycles. The number of hydrogen-bond donors (Lipinski definition) is 8. The number of amides is 4. The van der Waals surface area contributed by atoms with Crippen LogP contribution in [0.5, 0.6) is 0 Å². The van der Waals surface area contributed by atoms with Crippen LogP contribution in [0.3, 0.4) is 0 Å². The molecule has 0 spiro atoms. The number of anilines is 4. The maximum absolute atomic E-state index is 14.3. The fraction of sp³-hybridized carbons (Fsp3) is 0.400.